The van der Waals surface area contributed by atoms with Crippen LogP contribution in [0, 0.1) is 0 Å². The van der Waals surface area contributed by atoms with Crippen LogP contribution in [0.4, 0.5) is 0 Å². The van der Waals surface area contributed by atoms with E-state index in [9.17, 15) is 0 Å². The van der Waals surface area contributed by atoms with Crippen molar-refractivity contribution < 1.29 is 18.9 Å². The number of unbranched alkanes of at least 4 members (excludes halogenated alkanes) is 1. The Morgan fingerprint density at radius 2 is 1.24 bits per heavy atom. The molecule has 49 heavy (non-hydrogen) atoms. The molecule has 3 rings (SSSR count). The standard InChI is InChI=1S/C40H65N5O4/c1-10-17-24-45-36-29-34(46-26-18-22-42(11-2)12-3)31-38(47-27-19-23-43(13-4)14-5)39(36)41-40(45)35-21-20-33(49-32(8)9)30-37(35)48-28-25-44(15-6)16-7/h20-21,29-31H,8,10-19,22-28H2,1-7,9H3. The van der Waals surface area contributed by atoms with Crippen molar-refractivity contribution in [2.45, 2.75) is 87.6 Å². The predicted molar refractivity (Wildman–Crippen MR) is 205 cm³/mol. The van der Waals surface area contributed by atoms with Crippen LogP contribution < -0.4 is 18.9 Å². The van der Waals surface area contributed by atoms with Gasteiger partial charge in [-0.2, -0.15) is 0 Å². The van der Waals surface area contributed by atoms with Crippen LogP contribution in [-0.2, 0) is 6.54 Å². The molecule has 2 aromatic carbocycles. The van der Waals surface area contributed by atoms with E-state index >= 15 is 0 Å². The van der Waals surface area contributed by atoms with Gasteiger partial charge in [-0.3, -0.25) is 0 Å². The maximum absolute atomic E-state index is 6.54. The number of benzene rings is 2. The molecule has 9 heteroatoms. The van der Waals surface area contributed by atoms with Gasteiger partial charge in [-0.25, -0.2) is 4.98 Å². The number of aromatic nitrogens is 2. The van der Waals surface area contributed by atoms with Crippen LogP contribution in [0.3, 0.4) is 0 Å². The summed E-state index contributed by atoms with van der Waals surface area (Å²) >= 11 is 0. The lowest BCUT2D eigenvalue weighted by atomic mass is 10.1. The monoisotopic (exact) mass is 680 g/mol. The molecule has 1 heterocycles. The van der Waals surface area contributed by atoms with Crippen LogP contribution in [0.1, 0.15) is 81.1 Å². The zero-order chi connectivity index (χ0) is 35.6. The van der Waals surface area contributed by atoms with Crippen molar-refractivity contribution in [3.8, 4) is 34.4 Å². The molecule has 0 spiro atoms. The van der Waals surface area contributed by atoms with Gasteiger partial charge in [0.25, 0.3) is 0 Å². The molecule has 0 saturated heterocycles. The highest BCUT2D eigenvalue weighted by molar-refractivity contribution is 5.88. The number of imidazole rings is 1. The Labute approximate surface area is 297 Å². The molecule has 0 N–H and O–H groups in total. The zero-order valence-electron chi connectivity index (χ0n) is 32.0. The summed E-state index contributed by atoms with van der Waals surface area (Å²) in [6, 6.07) is 10.2. The Hall–Kier alpha value is -3.27. The lowest BCUT2D eigenvalue weighted by Gasteiger charge is -2.20. The van der Waals surface area contributed by atoms with E-state index in [-0.39, 0.29) is 0 Å². The van der Waals surface area contributed by atoms with Crippen LogP contribution in [0.5, 0.6) is 23.0 Å². The van der Waals surface area contributed by atoms with Gasteiger partial charge in [0.2, 0.25) is 0 Å². The SMILES string of the molecule is C=C(C)Oc1ccc(-c2nc3c(OCCCN(CC)CC)cc(OCCCN(CC)CC)cc3n2CCCC)c(OCCN(CC)CC)c1. The molecular weight excluding hydrogens is 614 g/mol. The molecule has 3 aromatic rings. The van der Waals surface area contributed by atoms with Crippen molar-refractivity contribution in [2.75, 3.05) is 78.7 Å². The fraction of sp³-hybridized carbons (Fsp3) is 0.625. The van der Waals surface area contributed by atoms with Crippen LogP contribution in [0.15, 0.2) is 42.7 Å². The van der Waals surface area contributed by atoms with E-state index in [4.69, 9.17) is 23.9 Å². The van der Waals surface area contributed by atoms with Gasteiger partial charge in [0.1, 0.15) is 35.2 Å². The van der Waals surface area contributed by atoms with Crippen molar-refractivity contribution in [2.24, 2.45) is 0 Å². The van der Waals surface area contributed by atoms with Crippen LogP contribution in [0.2, 0.25) is 0 Å². The summed E-state index contributed by atoms with van der Waals surface area (Å²) in [4.78, 5) is 12.5. The molecule has 0 saturated carbocycles. The Balaban J connectivity index is 2.08. The lowest BCUT2D eigenvalue weighted by Crippen LogP contribution is -2.28. The fourth-order valence-electron chi connectivity index (χ4n) is 6.03. The molecule has 0 aliphatic rings. The van der Waals surface area contributed by atoms with E-state index in [0.717, 1.165) is 131 Å². The number of aryl methyl sites for hydroxylation is 1. The normalized spacial score (nSPS) is 11.7. The van der Waals surface area contributed by atoms with Crippen LogP contribution in [0.25, 0.3) is 22.4 Å². The number of hydrogen-bond donors (Lipinski definition) is 0. The third kappa shape index (κ3) is 12.2. The van der Waals surface area contributed by atoms with E-state index in [1.165, 1.54) is 0 Å². The van der Waals surface area contributed by atoms with Crippen molar-refractivity contribution in [1.29, 1.82) is 0 Å². The van der Waals surface area contributed by atoms with E-state index in [1.807, 2.05) is 25.1 Å². The first-order valence-corrected chi connectivity index (χ1v) is 18.9. The molecule has 0 unspecified atom stereocenters. The van der Waals surface area contributed by atoms with E-state index in [1.54, 1.807) is 0 Å². The number of ether oxygens (including phenoxy) is 4. The second-order valence-corrected chi connectivity index (χ2v) is 12.5. The second kappa shape index (κ2) is 21.7. The molecule has 0 aliphatic heterocycles. The third-order valence-corrected chi connectivity index (χ3v) is 9.13. The average molecular weight is 680 g/mol. The number of allylic oxidation sites excluding steroid dienone is 1. The molecule has 274 valence electrons. The van der Waals surface area contributed by atoms with Crippen molar-refractivity contribution >= 4 is 11.0 Å². The first kappa shape index (κ1) is 40.2. The summed E-state index contributed by atoms with van der Waals surface area (Å²) in [7, 11) is 0. The molecule has 0 fully saturated rings. The summed E-state index contributed by atoms with van der Waals surface area (Å²) in [6.45, 7) is 32.8. The van der Waals surface area contributed by atoms with Crippen LogP contribution in [-0.4, -0.2) is 103 Å². The highest BCUT2D eigenvalue weighted by Crippen LogP contribution is 2.39. The Morgan fingerprint density at radius 1 is 0.673 bits per heavy atom. The highest BCUT2D eigenvalue weighted by Gasteiger charge is 2.21. The van der Waals surface area contributed by atoms with Crippen molar-refractivity contribution in [3.05, 3.63) is 42.7 Å². The summed E-state index contributed by atoms with van der Waals surface area (Å²) in [5.74, 6) is 4.50. The molecule has 1 aromatic heterocycles. The van der Waals surface area contributed by atoms with Crippen molar-refractivity contribution in [3.63, 3.8) is 0 Å². The minimum atomic E-state index is 0.562. The number of fused-ring (bicyclic) bond motifs is 1. The highest BCUT2D eigenvalue weighted by atomic mass is 16.5. The smallest absolute Gasteiger partial charge is 0.150 e. The molecule has 0 aliphatic carbocycles. The summed E-state index contributed by atoms with van der Waals surface area (Å²) < 4.78 is 27.7. The maximum atomic E-state index is 6.54. The number of nitrogens with zero attached hydrogens (tertiary/aromatic N) is 5. The lowest BCUT2D eigenvalue weighted by molar-refractivity contribution is 0.223. The fourth-order valence-corrected chi connectivity index (χ4v) is 6.03. The Kier molecular flexibility index (Phi) is 17.8. The minimum Gasteiger partial charge on any atom is -0.493 e. The summed E-state index contributed by atoms with van der Waals surface area (Å²) in [6.07, 6.45) is 3.99. The second-order valence-electron chi connectivity index (χ2n) is 12.5. The Morgan fingerprint density at radius 3 is 1.84 bits per heavy atom. The van der Waals surface area contributed by atoms with Gasteiger partial charge in [0.05, 0.1) is 30.1 Å². The topological polar surface area (TPSA) is 64.5 Å². The van der Waals surface area contributed by atoms with Gasteiger partial charge in [0.15, 0.2) is 5.75 Å². The van der Waals surface area contributed by atoms with E-state index in [0.29, 0.717) is 31.3 Å². The molecule has 0 bridgehead atoms. The molecular formula is C40H65N5O4. The number of rotatable bonds is 26. The van der Waals surface area contributed by atoms with Crippen molar-refractivity contribution in [1.82, 2.24) is 24.3 Å². The van der Waals surface area contributed by atoms with Crippen LogP contribution >= 0.6 is 0 Å². The summed E-state index contributed by atoms with van der Waals surface area (Å²) in [5.41, 5.74) is 2.79. The van der Waals surface area contributed by atoms with E-state index in [2.05, 4.69) is 86.4 Å². The first-order chi connectivity index (χ1) is 23.8. The zero-order valence-corrected chi connectivity index (χ0v) is 32.0. The molecule has 0 radical (unpaired) electrons. The molecule has 0 amide bonds. The van der Waals surface area contributed by atoms with Gasteiger partial charge in [-0.15, -0.1) is 0 Å². The van der Waals surface area contributed by atoms with Gasteiger partial charge >= 0.3 is 0 Å². The van der Waals surface area contributed by atoms with E-state index < -0.39 is 0 Å². The summed E-state index contributed by atoms with van der Waals surface area (Å²) in [5, 5.41) is 0. The quantitative estimate of drug-likeness (QED) is 0.0620. The number of hydrogen-bond acceptors (Lipinski definition) is 8. The van der Waals surface area contributed by atoms with Gasteiger partial charge in [-0.05, 0) is 77.6 Å². The molecule has 9 nitrogen and oxygen atoms in total. The minimum absolute atomic E-state index is 0.562. The molecule has 0 atom stereocenters. The largest absolute Gasteiger partial charge is 0.493 e. The maximum Gasteiger partial charge on any atom is 0.150 e. The number of likely N-dealkylation sites (N-methyl/N-ethyl adjacent to an activating group) is 1. The predicted octanol–water partition coefficient (Wildman–Crippen LogP) is 8.36. The van der Waals surface area contributed by atoms with Gasteiger partial charge in [-0.1, -0.05) is 61.5 Å². The average Bonchev–Trinajstić information content (AvgIpc) is 3.47. The Bertz CT molecular complexity index is 1400. The third-order valence-electron chi connectivity index (χ3n) is 9.13. The van der Waals surface area contributed by atoms with Gasteiger partial charge in [0, 0.05) is 44.4 Å². The van der Waals surface area contributed by atoms with Gasteiger partial charge < -0.3 is 38.2 Å². The first-order valence-electron chi connectivity index (χ1n) is 18.9.